The van der Waals surface area contributed by atoms with Crippen molar-refractivity contribution in [1.29, 1.82) is 0 Å². The van der Waals surface area contributed by atoms with E-state index in [2.05, 4.69) is 5.32 Å². The number of likely N-dealkylation sites (N-methyl/N-ethyl adjacent to an activating group) is 1. The van der Waals surface area contributed by atoms with Gasteiger partial charge in [0.2, 0.25) is 0 Å². The molecule has 2 amide bonds. The second kappa shape index (κ2) is 6.09. The normalized spacial score (nSPS) is 20.2. The molecule has 0 fully saturated rings. The number of rotatable bonds is 3. The van der Waals surface area contributed by atoms with Gasteiger partial charge >= 0.3 is 6.18 Å². The van der Waals surface area contributed by atoms with Gasteiger partial charge in [0.15, 0.2) is 5.76 Å². The van der Waals surface area contributed by atoms with Crippen LogP contribution in [0.2, 0.25) is 0 Å². The van der Waals surface area contributed by atoms with Crippen molar-refractivity contribution in [2.45, 2.75) is 32.0 Å². The highest BCUT2D eigenvalue weighted by Gasteiger charge is 2.36. The van der Waals surface area contributed by atoms with Gasteiger partial charge in [-0.15, -0.1) is 0 Å². The summed E-state index contributed by atoms with van der Waals surface area (Å²) in [5, 5.41) is 12.5. The standard InChI is InChI=1S/C17H17F3N2O3/c1-2-22-8-12(14(23)16(22)25)15(24)21-13-6-4-9-3-5-10(7-11(9)13)17(18,19)20/h3,5,7,13,23H,2,4,6,8H2,1H3,(H,21,24)/t13-/m1/s1. The third-order valence-corrected chi connectivity index (χ3v) is 4.64. The Morgan fingerprint density at radius 2 is 2.12 bits per heavy atom. The van der Waals surface area contributed by atoms with Crippen molar-refractivity contribution in [3.05, 3.63) is 46.2 Å². The lowest BCUT2D eigenvalue weighted by atomic mass is 10.0. The number of carbonyl (C=O) groups excluding carboxylic acids is 2. The van der Waals surface area contributed by atoms with Gasteiger partial charge in [0.25, 0.3) is 11.8 Å². The number of fused-ring (bicyclic) bond motifs is 1. The molecule has 0 aromatic heterocycles. The van der Waals surface area contributed by atoms with E-state index in [1.807, 2.05) is 0 Å². The summed E-state index contributed by atoms with van der Waals surface area (Å²) < 4.78 is 38.7. The van der Waals surface area contributed by atoms with Gasteiger partial charge in [0.05, 0.1) is 23.7 Å². The molecule has 0 bridgehead atoms. The SMILES string of the molecule is CCN1CC(C(=O)N[C@@H]2CCc3ccc(C(F)(F)F)cc32)=C(O)C1=O. The largest absolute Gasteiger partial charge is 0.503 e. The average Bonchev–Trinajstić information content (AvgIpc) is 3.08. The molecule has 0 radical (unpaired) electrons. The van der Waals surface area contributed by atoms with E-state index in [4.69, 9.17) is 0 Å². The minimum atomic E-state index is -4.45. The Kier molecular flexibility index (Phi) is 4.22. The van der Waals surface area contributed by atoms with Gasteiger partial charge < -0.3 is 15.3 Å². The van der Waals surface area contributed by atoms with Crippen LogP contribution in [-0.2, 0) is 22.2 Å². The first-order valence-corrected chi connectivity index (χ1v) is 7.94. The fraction of sp³-hybridized carbons (Fsp3) is 0.412. The van der Waals surface area contributed by atoms with E-state index in [0.717, 1.165) is 17.7 Å². The van der Waals surface area contributed by atoms with E-state index < -0.39 is 35.4 Å². The first-order chi connectivity index (χ1) is 11.7. The van der Waals surface area contributed by atoms with E-state index in [1.165, 1.54) is 11.0 Å². The molecule has 0 spiro atoms. The Morgan fingerprint density at radius 3 is 2.72 bits per heavy atom. The van der Waals surface area contributed by atoms with Crippen LogP contribution in [0.4, 0.5) is 13.2 Å². The fourth-order valence-electron chi connectivity index (χ4n) is 3.23. The molecule has 1 aromatic rings. The van der Waals surface area contributed by atoms with Crippen LogP contribution in [0, 0.1) is 0 Å². The fourth-order valence-corrected chi connectivity index (χ4v) is 3.23. The molecular formula is C17H17F3N2O3. The molecule has 3 rings (SSSR count). The maximum atomic E-state index is 12.9. The van der Waals surface area contributed by atoms with Crippen LogP contribution in [0.15, 0.2) is 29.5 Å². The second-order valence-electron chi connectivity index (χ2n) is 6.12. The summed E-state index contributed by atoms with van der Waals surface area (Å²) in [6.45, 7) is 2.06. The van der Waals surface area contributed by atoms with Crippen LogP contribution in [0.25, 0.3) is 0 Å². The van der Waals surface area contributed by atoms with Gasteiger partial charge in [-0.1, -0.05) is 6.07 Å². The number of amides is 2. The molecule has 1 heterocycles. The number of alkyl halides is 3. The lowest BCUT2D eigenvalue weighted by Gasteiger charge is -2.17. The number of nitrogens with one attached hydrogen (secondary N) is 1. The summed E-state index contributed by atoms with van der Waals surface area (Å²) >= 11 is 0. The topological polar surface area (TPSA) is 69.6 Å². The molecule has 8 heteroatoms. The molecule has 134 valence electrons. The summed E-state index contributed by atoms with van der Waals surface area (Å²) in [5.41, 5.74) is 0.379. The van der Waals surface area contributed by atoms with Crippen molar-refractivity contribution in [3.8, 4) is 0 Å². The second-order valence-corrected chi connectivity index (χ2v) is 6.12. The van der Waals surface area contributed by atoms with Crippen LogP contribution in [0.1, 0.15) is 36.1 Å². The van der Waals surface area contributed by atoms with Gasteiger partial charge in [-0.3, -0.25) is 9.59 Å². The minimum Gasteiger partial charge on any atom is -0.503 e. The average molecular weight is 354 g/mol. The summed E-state index contributed by atoms with van der Waals surface area (Å²) in [7, 11) is 0. The molecular weight excluding hydrogens is 337 g/mol. The quantitative estimate of drug-likeness (QED) is 0.876. The van der Waals surface area contributed by atoms with Crippen LogP contribution < -0.4 is 5.32 Å². The van der Waals surface area contributed by atoms with E-state index in [0.29, 0.717) is 24.9 Å². The molecule has 0 unspecified atom stereocenters. The van der Waals surface area contributed by atoms with Gasteiger partial charge in [-0.2, -0.15) is 13.2 Å². The molecule has 25 heavy (non-hydrogen) atoms. The Hall–Kier alpha value is -2.51. The van der Waals surface area contributed by atoms with Crippen LogP contribution in [0.3, 0.4) is 0 Å². The van der Waals surface area contributed by atoms with Gasteiger partial charge in [0.1, 0.15) is 0 Å². The molecule has 1 aliphatic heterocycles. The highest BCUT2D eigenvalue weighted by atomic mass is 19.4. The zero-order valence-corrected chi connectivity index (χ0v) is 13.5. The Balaban J connectivity index is 1.80. The summed E-state index contributed by atoms with van der Waals surface area (Å²) in [6, 6.07) is 2.95. The van der Waals surface area contributed by atoms with E-state index >= 15 is 0 Å². The number of hydrogen-bond donors (Lipinski definition) is 2. The highest BCUT2D eigenvalue weighted by Crippen LogP contribution is 2.37. The van der Waals surface area contributed by atoms with Crippen molar-refractivity contribution in [2.75, 3.05) is 13.1 Å². The summed E-state index contributed by atoms with van der Waals surface area (Å²) in [4.78, 5) is 25.4. The molecule has 0 saturated carbocycles. The molecule has 1 atom stereocenters. The number of carbonyl (C=O) groups is 2. The Morgan fingerprint density at radius 1 is 1.40 bits per heavy atom. The number of halogens is 3. The number of aliphatic hydroxyl groups is 1. The lowest BCUT2D eigenvalue weighted by Crippen LogP contribution is -2.31. The molecule has 5 nitrogen and oxygen atoms in total. The third kappa shape index (κ3) is 3.08. The highest BCUT2D eigenvalue weighted by molar-refractivity contribution is 6.07. The minimum absolute atomic E-state index is 0.00479. The predicted molar refractivity (Wildman–Crippen MR) is 82.6 cm³/mol. The van der Waals surface area contributed by atoms with E-state index in [9.17, 15) is 27.9 Å². The van der Waals surface area contributed by atoms with E-state index in [-0.39, 0.29) is 12.1 Å². The Bertz CT molecular complexity index is 771. The van der Waals surface area contributed by atoms with E-state index in [1.54, 1.807) is 6.92 Å². The van der Waals surface area contributed by atoms with Crippen LogP contribution >= 0.6 is 0 Å². The van der Waals surface area contributed by atoms with Gasteiger partial charge in [0, 0.05) is 6.54 Å². The maximum Gasteiger partial charge on any atom is 0.416 e. The smallest absolute Gasteiger partial charge is 0.416 e. The first kappa shape index (κ1) is 17.3. The van der Waals surface area contributed by atoms with Crippen molar-refractivity contribution in [2.24, 2.45) is 0 Å². The molecule has 1 aromatic carbocycles. The lowest BCUT2D eigenvalue weighted by molar-refractivity contribution is -0.137. The number of benzene rings is 1. The zero-order valence-electron chi connectivity index (χ0n) is 13.5. The molecule has 2 aliphatic rings. The summed E-state index contributed by atoms with van der Waals surface area (Å²) in [5.74, 6) is -1.84. The predicted octanol–water partition coefficient (Wildman–Crippen LogP) is 2.48. The first-order valence-electron chi connectivity index (χ1n) is 7.94. The number of aryl methyl sites for hydroxylation is 1. The number of hydrogen-bond acceptors (Lipinski definition) is 3. The monoisotopic (exact) mass is 354 g/mol. The summed E-state index contributed by atoms with van der Waals surface area (Å²) in [6.07, 6.45) is -3.42. The number of aliphatic hydroxyl groups excluding tert-OH is 1. The third-order valence-electron chi connectivity index (χ3n) is 4.64. The van der Waals surface area contributed by atoms with Crippen LogP contribution in [-0.4, -0.2) is 34.9 Å². The zero-order chi connectivity index (χ0) is 18.4. The molecule has 0 saturated heterocycles. The molecule has 1 aliphatic carbocycles. The van der Waals surface area contributed by atoms with Crippen LogP contribution in [0.5, 0.6) is 0 Å². The molecule has 2 N–H and O–H groups in total. The van der Waals surface area contributed by atoms with Crippen molar-refractivity contribution >= 4 is 11.8 Å². The van der Waals surface area contributed by atoms with Crippen molar-refractivity contribution < 1.29 is 27.9 Å². The Labute approximate surface area is 142 Å². The van der Waals surface area contributed by atoms with Gasteiger partial charge in [-0.05, 0) is 43.0 Å². The number of nitrogens with zero attached hydrogens (tertiary/aromatic N) is 1. The maximum absolute atomic E-state index is 12.9. The van der Waals surface area contributed by atoms with Crippen molar-refractivity contribution in [3.63, 3.8) is 0 Å². The van der Waals surface area contributed by atoms with Crippen molar-refractivity contribution in [1.82, 2.24) is 10.2 Å². The van der Waals surface area contributed by atoms with Gasteiger partial charge in [-0.25, -0.2) is 0 Å².